The summed E-state index contributed by atoms with van der Waals surface area (Å²) in [5, 5.41) is 3.81. The van der Waals surface area contributed by atoms with Gasteiger partial charge in [0.25, 0.3) is 0 Å². The first-order valence-corrected chi connectivity index (χ1v) is 8.31. The molecular formula is C16H33N3. The van der Waals surface area contributed by atoms with Gasteiger partial charge in [-0.25, -0.2) is 0 Å². The van der Waals surface area contributed by atoms with Gasteiger partial charge in [-0.1, -0.05) is 13.3 Å². The van der Waals surface area contributed by atoms with Gasteiger partial charge in [-0.05, 0) is 71.8 Å². The van der Waals surface area contributed by atoms with E-state index in [1.165, 1.54) is 64.8 Å². The SMILES string of the molecule is CC(CNC1CCN(C)C(C)C1)CN1CCCCC1. The number of likely N-dealkylation sites (tertiary alicyclic amines) is 2. The molecule has 2 fully saturated rings. The molecule has 0 aromatic carbocycles. The zero-order valence-corrected chi connectivity index (χ0v) is 13.2. The molecule has 19 heavy (non-hydrogen) atoms. The summed E-state index contributed by atoms with van der Waals surface area (Å²) >= 11 is 0. The molecule has 0 aliphatic carbocycles. The molecule has 112 valence electrons. The van der Waals surface area contributed by atoms with Gasteiger partial charge in [0.15, 0.2) is 0 Å². The molecule has 3 unspecified atom stereocenters. The van der Waals surface area contributed by atoms with Crippen molar-refractivity contribution in [1.82, 2.24) is 15.1 Å². The highest BCUT2D eigenvalue weighted by Gasteiger charge is 2.22. The second kappa shape index (κ2) is 7.61. The fraction of sp³-hybridized carbons (Fsp3) is 1.00. The van der Waals surface area contributed by atoms with Gasteiger partial charge in [0.2, 0.25) is 0 Å². The quantitative estimate of drug-likeness (QED) is 0.824. The molecule has 3 atom stereocenters. The fourth-order valence-electron chi connectivity index (χ4n) is 3.49. The summed E-state index contributed by atoms with van der Waals surface area (Å²) in [4.78, 5) is 5.14. The second-order valence-corrected chi connectivity index (χ2v) is 6.93. The minimum atomic E-state index is 0.739. The molecule has 0 bridgehead atoms. The van der Waals surface area contributed by atoms with Crippen LogP contribution in [0.25, 0.3) is 0 Å². The van der Waals surface area contributed by atoms with E-state index in [2.05, 4.69) is 36.0 Å². The standard InChI is InChI=1S/C16H33N3/c1-14(13-19-8-5-4-6-9-19)12-17-16-7-10-18(3)15(2)11-16/h14-17H,4-13H2,1-3H3. The molecule has 0 saturated carbocycles. The van der Waals surface area contributed by atoms with Gasteiger partial charge in [-0.15, -0.1) is 0 Å². The maximum absolute atomic E-state index is 3.81. The monoisotopic (exact) mass is 267 g/mol. The van der Waals surface area contributed by atoms with Crippen LogP contribution in [-0.4, -0.2) is 61.7 Å². The van der Waals surface area contributed by atoms with Crippen molar-refractivity contribution in [3.8, 4) is 0 Å². The van der Waals surface area contributed by atoms with Crippen molar-refractivity contribution in [2.24, 2.45) is 5.92 Å². The first kappa shape index (κ1) is 15.3. The van der Waals surface area contributed by atoms with E-state index in [0.29, 0.717) is 0 Å². The van der Waals surface area contributed by atoms with Gasteiger partial charge >= 0.3 is 0 Å². The van der Waals surface area contributed by atoms with Crippen LogP contribution < -0.4 is 5.32 Å². The van der Waals surface area contributed by atoms with E-state index in [4.69, 9.17) is 0 Å². The summed E-state index contributed by atoms with van der Waals surface area (Å²) in [6, 6.07) is 1.48. The Labute approximate surface area is 119 Å². The summed E-state index contributed by atoms with van der Waals surface area (Å²) in [7, 11) is 2.25. The third-order valence-corrected chi connectivity index (χ3v) is 4.98. The van der Waals surface area contributed by atoms with Crippen LogP contribution in [0.3, 0.4) is 0 Å². The predicted molar refractivity (Wildman–Crippen MR) is 82.6 cm³/mol. The highest BCUT2D eigenvalue weighted by molar-refractivity contribution is 4.82. The Bertz CT molecular complexity index is 250. The molecule has 0 radical (unpaired) electrons. The zero-order chi connectivity index (χ0) is 13.7. The van der Waals surface area contributed by atoms with E-state index >= 15 is 0 Å². The van der Waals surface area contributed by atoms with Gasteiger partial charge in [0.1, 0.15) is 0 Å². The second-order valence-electron chi connectivity index (χ2n) is 6.93. The van der Waals surface area contributed by atoms with Crippen LogP contribution in [0.5, 0.6) is 0 Å². The zero-order valence-electron chi connectivity index (χ0n) is 13.2. The van der Waals surface area contributed by atoms with Crippen LogP contribution in [0.15, 0.2) is 0 Å². The van der Waals surface area contributed by atoms with E-state index in [0.717, 1.165) is 18.0 Å². The Morgan fingerprint density at radius 3 is 2.58 bits per heavy atom. The van der Waals surface area contributed by atoms with Crippen LogP contribution in [0.4, 0.5) is 0 Å². The predicted octanol–water partition coefficient (Wildman–Crippen LogP) is 2.18. The van der Waals surface area contributed by atoms with Crippen LogP contribution in [-0.2, 0) is 0 Å². The van der Waals surface area contributed by atoms with Gasteiger partial charge in [-0.2, -0.15) is 0 Å². The lowest BCUT2D eigenvalue weighted by Crippen LogP contribution is -2.47. The van der Waals surface area contributed by atoms with Crippen molar-refractivity contribution in [1.29, 1.82) is 0 Å². The highest BCUT2D eigenvalue weighted by Crippen LogP contribution is 2.16. The normalized spacial score (nSPS) is 32.4. The molecule has 2 heterocycles. The van der Waals surface area contributed by atoms with Gasteiger partial charge in [-0.3, -0.25) is 0 Å². The van der Waals surface area contributed by atoms with E-state index < -0.39 is 0 Å². The smallest absolute Gasteiger partial charge is 0.00941 e. The fourth-order valence-corrected chi connectivity index (χ4v) is 3.49. The van der Waals surface area contributed by atoms with Crippen LogP contribution in [0.2, 0.25) is 0 Å². The van der Waals surface area contributed by atoms with Crippen molar-refractivity contribution < 1.29 is 0 Å². The Morgan fingerprint density at radius 1 is 1.16 bits per heavy atom. The van der Waals surface area contributed by atoms with Crippen LogP contribution in [0.1, 0.15) is 46.0 Å². The summed E-state index contributed by atoms with van der Waals surface area (Å²) in [5.41, 5.74) is 0. The number of piperidine rings is 2. The Kier molecular flexibility index (Phi) is 6.11. The van der Waals surface area contributed by atoms with Crippen molar-refractivity contribution in [2.45, 2.75) is 58.0 Å². The van der Waals surface area contributed by atoms with E-state index in [-0.39, 0.29) is 0 Å². The van der Waals surface area contributed by atoms with E-state index in [9.17, 15) is 0 Å². The van der Waals surface area contributed by atoms with Gasteiger partial charge < -0.3 is 15.1 Å². The third-order valence-electron chi connectivity index (χ3n) is 4.98. The maximum Gasteiger partial charge on any atom is 0.00941 e. The molecule has 2 saturated heterocycles. The molecule has 0 amide bonds. The van der Waals surface area contributed by atoms with Gasteiger partial charge in [0.05, 0.1) is 0 Å². The Hall–Kier alpha value is -0.120. The Balaban J connectivity index is 1.61. The summed E-state index contributed by atoms with van der Waals surface area (Å²) in [5.74, 6) is 0.785. The molecule has 2 aliphatic rings. The first-order chi connectivity index (χ1) is 9.15. The molecule has 2 rings (SSSR count). The topological polar surface area (TPSA) is 18.5 Å². The molecule has 1 N–H and O–H groups in total. The summed E-state index contributed by atoms with van der Waals surface area (Å²) in [6.07, 6.45) is 6.89. The van der Waals surface area contributed by atoms with Crippen molar-refractivity contribution in [3.63, 3.8) is 0 Å². The number of nitrogens with zero attached hydrogens (tertiary/aromatic N) is 2. The first-order valence-electron chi connectivity index (χ1n) is 8.31. The third kappa shape index (κ3) is 5.05. The molecule has 0 aromatic rings. The lowest BCUT2D eigenvalue weighted by atomic mass is 9.98. The van der Waals surface area contributed by atoms with Crippen molar-refractivity contribution in [3.05, 3.63) is 0 Å². The number of rotatable bonds is 5. The van der Waals surface area contributed by atoms with E-state index in [1.807, 2.05) is 0 Å². The number of nitrogens with one attached hydrogen (secondary N) is 1. The molecule has 2 aliphatic heterocycles. The molecule has 0 aromatic heterocycles. The molecule has 3 heteroatoms. The van der Waals surface area contributed by atoms with Crippen LogP contribution >= 0.6 is 0 Å². The van der Waals surface area contributed by atoms with Crippen LogP contribution in [0, 0.1) is 5.92 Å². The average molecular weight is 267 g/mol. The lowest BCUT2D eigenvalue weighted by molar-refractivity contribution is 0.159. The summed E-state index contributed by atoms with van der Waals surface area (Å²) in [6.45, 7) is 11.1. The van der Waals surface area contributed by atoms with Crippen molar-refractivity contribution >= 4 is 0 Å². The molecule has 3 nitrogen and oxygen atoms in total. The minimum absolute atomic E-state index is 0.739. The maximum atomic E-state index is 3.81. The lowest BCUT2D eigenvalue weighted by Gasteiger charge is -2.36. The minimum Gasteiger partial charge on any atom is -0.314 e. The molecular weight excluding hydrogens is 234 g/mol. The van der Waals surface area contributed by atoms with Gasteiger partial charge in [0, 0.05) is 18.6 Å². The van der Waals surface area contributed by atoms with E-state index in [1.54, 1.807) is 0 Å². The Morgan fingerprint density at radius 2 is 1.89 bits per heavy atom. The summed E-state index contributed by atoms with van der Waals surface area (Å²) < 4.78 is 0. The number of hydrogen-bond donors (Lipinski definition) is 1. The molecule has 0 spiro atoms. The van der Waals surface area contributed by atoms with Crippen molar-refractivity contribution in [2.75, 3.05) is 39.8 Å². The number of hydrogen-bond acceptors (Lipinski definition) is 3. The average Bonchev–Trinajstić information content (AvgIpc) is 2.41. The largest absolute Gasteiger partial charge is 0.314 e. The highest BCUT2D eigenvalue weighted by atomic mass is 15.2.